The molecular weight excluding hydrogens is 339 g/mol. The van der Waals surface area contributed by atoms with Crippen LogP contribution in [0, 0.1) is 5.82 Å². The first-order valence-corrected chi connectivity index (χ1v) is 8.43. The number of carbonyl (C=O) groups excluding carboxylic acids is 1. The van der Waals surface area contributed by atoms with Crippen LogP contribution in [0.3, 0.4) is 0 Å². The van der Waals surface area contributed by atoms with Gasteiger partial charge in [-0.15, -0.1) is 0 Å². The third kappa shape index (κ3) is 4.35. The number of amides is 1. The average molecular weight is 358 g/mol. The van der Waals surface area contributed by atoms with Crippen LogP contribution < -0.4 is 10.2 Å². The third-order valence-corrected chi connectivity index (χ3v) is 4.39. The SMILES string of the molecule is C[NH+](CC(=O)Nc1ccc2ccccc2c1)Cc1c(F)cccc1Cl. The number of fused-ring (bicyclic) bond motifs is 1. The zero-order valence-electron chi connectivity index (χ0n) is 13.9. The highest BCUT2D eigenvalue weighted by atomic mass is 35.5. The van der Waals surface area contributed by atoms with Gasteiger partial charge in [0.25, 0.3) is 5.91 Å². The number of benzene rings is 3. The van der Waals surface area contributed by atoms with Crippen molar-refractivity contribution < 1.29 is 14.1 Å². The van der Waals surface area contributed by atoms with E-state index in [0.29, 0.717) is 17.1 Å². The Balaban J connectivity index is 1.63. The van der Waals surface area contributed by atoms with Crippen LogP contribution in [0.1, 0.15) is 5.56 Å². The second kappa shape index (κ2) is 7.64. The van der Waals surface area contributed by atoms with Gasteiger partial charge >= 0.3 is 0 Å². The fourth-order valence-corrected chi connectivity index (χ4v) is 3.04. The van der Waals surface area contributed by atoms with E-state index in [-0.39, 0.29) is 18.3 Å². The third-order valence-electron chi connectivity index (χ3n) is 4.04. The van der Waals surface area contributed by atoms with Crippen molar-refractivity contribution in [3.63, 3.8) is 0 Å². The lowest BCUT2D eigenvalue weighted by Crippen LogP contribution is -3.08. The van der Waals surface area contributed by atoms with Crippen molar-refractivity contribution in [2.45, 2.75) is 6.54 Å². The minimum atomic E-state index is -0.346. The first kappa shape index (κ1) is 17.4. The summed E-state index contributed by atoms with van der Waals surface area (Å²) in [7, 11) is 1.84. The molecule has 0 radical (unpaired) electrons. The van der Waals surface area contributed by atoms with Gasteiger partial charge in [-0.1, -0.05) is 48.0 Å². The number of likely N-dealkylation sites (N-methyl/N-ethyl adjacent to an activating group) is 1. The smallest absolute Gasteiger partial charge is 0.279 e. The topological polar surface area (TPSA) is 33.5 Å². The molecule has 0 saturated carbocycles. The average Bonchev–Trinajstić information content (AvgIpc) is 2.58. The summed E-state index contributed by atoms with van der Waals surface area (Å²) in [5, 5.41) is 5.47. The van der Waals surface area contributed by atoms with Gasteiger partial charge < -0.3 is 10.2 Å². The summed E-state index contributed by atoms with van der Waals surface area (Å²) in [5.74, 6) is -0.470. The van der Waals surface area contributed by atoms with Crippen molar-refractivity contribution in [3.05, 3.63) is 77.1 Å². The Bertz CT molecular complexity index is 893. The van der Waals surface area contributed by atoms with Crippen LogP contribution in [-0.4, -0.2) is 19.5 Å². The molecule has 0 aromatic heterocycles. The van der Waals surface area contributed by atoms with Crippen molar-refractivity contribution in [2.24, 2.45) is 0 Å². The molecule has 0 spiro atoms. The number of hydrogen-bond acceptors (Lipinski definition) is 1. The zero-order valence-corrected chi connectivity index (χ0v) is 14.6. The number of halogens is 2. The second-order valence-corrected chi connectivity index (χ2v) is 6.53. The highest BCUT2D eigenvalue weighted by Crippen LogP contribution is 2.19. The van der Waals surface area contributed by atoms with Gasteiger partial charge in [0, 0.05) is 5.69 Å². The maximum absolute atomic E-state index is 13.8. The lowest BCUT2D eigenvalue weighted by molar-refractivity contribution is -0.885. The first-order chi connectivity index (χ1) is 12.0. The zero-order chi connectivity index (χ0) is 17.8. The van der Waals surface area contributed by atoms with E-state index in [1.807, 2.05) is 49.5 Å². The molecule has 128 valence electrons. The molecule has 5 heteroatoms. The van der Waals surface area contributed by atoms with Gasteiger partial charge in [-0.2, -0.15) is 0 Å². The summed E-state index contributed by atoms with van der Waals surface area (Å²) in [6.07, 6.45) is 0. The molecular formula is C20H19ClFN2O+. The summed E-state index contributed by atoms with van der Waals surface area (Å²) in [4.78, 5) is 13.1. The molecule has 3 nitrogen and oxygen atoms in total. The summed E-state index contributed by atoms with van der Waals surface area (Å²) in [5.41, 5.74) is 1.18. The number of quaternary nitrogens is 1. The molecule has 0 aliphatic heterocycles. The minimum Gasteiger partial charge on any atom is -0.326 e. The normalized spacial score (nSPS) is 12.1. The summed E-state index contributed by atoms with van der Waals surface area (Å²) < 4.78 is 13.8. The molecule has 1 atom stereocenters. The van der Waals surface area contributed by atoms with E-state index in [1.165, 1.54) is 6.07 Å². The summed E-state index contributed by atoms with van der Waals surface area (Å²) >= 11 is 6.04. The predicted molar refractivity (Wildman–Crippen MR) is 99.4 cm³/mol. The Morgan fingerprint density at radius 3 is 2.60 bits per heavy atom. The Labute approximate surface area is 151 Å². The molecule has 3 aromatic rings. The molecule has 25 heavy (non-hydrogen) atoms. The van der Waals surface area contributed by atoms with Gasteiger partial charge in [-0.05, 0) is 35.0 Å². The molecule has 0 bridgehead atoms. The first-order valence-electron chi connectivity index (χ1n) is 8.06. The standard InChI is InChI=1S/C20H18ClFN2O/c1-24(12-17-18(21)7-4-8-19(17)22)13-20(25)23-16-10-9-14-5-2-3-6-15(14)11-16/h2-11H,12-13H2,1H3,(H,23,25)/p+1. The Morgan fingerprint density at radius 2 is 1.84 bits per heavy atom. The Hall–Kier alpha value is -2.43. The lowest BCUT2D eigenvalue weighted by Gasteiger charge is -2.15. The van der Waals surface area contributed by atoms with Gasteiger partial charge in [0.1, 0.15) is 12.4 Å². The molecule has 0 saturated heterocycles. The minimum absolute atomic E-state index is 0.125. The number of carbonyl (C=O) groups is 1. The van der Waals surface area contributed by atoms with E-state index in [4.69, 9.17) is 11.6 Å². The van der Waals surface area contributed by atoms with Gasteiger partial charge in [0.2, 0.25) is 0 Å². The summed E-state index contributed by atoms with van der Waals surface area (Å²) in [6.45, 7) is 0.564. The maximum atomic E-state index is 13.8. The van der Waals surface area contributed by atoms with E-state index in [0.717, 1.165) is 21.4 Å². The second-order valence-electron chi connectivity index (χ2n) is 6.12. The lowest BCUT2D eigenvalue weighted by atomic mass is 10.1. The van der Waals surface area contributed by atoms with Gasteiger partial charge in [0.15, 0.2) is 6.54 Å². The van der Waals surface area contributed by atoms with E-state index in [1.54, 1.807) is 12.1 Å². The molecule has 3 aromatic carbocycles. The fourth-order valence-electron chi connectivity index (χ4n) is 2.81. The van der Waals surface area contributed by atoms with E-state index >= 15 is 0 Å². The molecule has 1 unspecified atom stereocenters. The van der Waals surface area contributed by atoms with Crippen molar-refractivity contribution >= 4 is 34.0 Å². The van der Waals surface area contributed by atoms with Crippen LogP contribution in [0.5, 0.6) is 0 Å². The highest BCUT2D eigenvalue weighted by Gasteiger charge is 2.15. The van der Waals surface area contributed by atoms with Crippen molar-refractivity contribution in [3.8, 4) is 0 Å². The quantitative estimate of drug-likeness (QED) is 0.722. The maximum Gasteiger partial charge on any atom is 0.279 e. The molecule has 0 aliphatic rings. The molecule has 1 amide bonds. The van der Waals surface area contributed by atoms with Crippen LogP contribution in [0.4, 0.5) is 10.1 Å². The van der Waals surface area contributed by atoms with Crippen LogP contribution in [0.15, 0.2) is 60.7 Å². The Kier molecular flexibility index (Phi) is 5.31. The predicted octanol–water partition coefficient (Wildman–Crippen LogP) is 3.29. The van der Waals surface area contributed by atoms with Crippen LogP contribution in [-0.2, 0) is 11.3 Å². The van der Waals surface area contributed by atoms with Crippen LogP contribution in [0.2, 0.25) is 5.02 Å². The number of anilines is 1. The van der Waals surface area contributed by atoms with Gasteiger partial charge in [-0.3, -0.25) is 4.79 Å². The van der Waals surface area contributed by atoms with E-state index in [2.05, 4.69) is 5.32 Å². The number of nitrogens with one attached hydrogen (secondary N) is 2. The van der Waals surface area contributed by atoms with Gasteiger partial charge in [0.05, 0.1) is 17.6 Å². The van der Waals surface area contributed by atoms with E-state index in [9.17, 15) is 9.18 Å². The Morgan fingerprint density at radius 1 is 1.08 bits per heavy atom. The molecule has 0 heterocycles. The molecule has 3 rings (SSSR count). The highest BCUT2D eigenvalue weighted by molar-refractivity contribution is 6.31. The summed E-state index contributed by atoms with van der Waals surface area (Å²) in [6, 6.07) is 18.4. The van der Waals surface area contributed by atoms with E-state index < -0.39 is 0 Å². The largest absolute Gasteiger partial charge is 0.326 e. The van der Waals surface area contributed by atoms with Crippen LogP contribution >= 0.6 is 11.6 Å². The molecule has 0 fully saturated rings. The molecule has 2 N–H and O–H groups in total. The number of rotatable bonds is 5. The number of hydrogen-bond donors (Lipinski definition) is 2. The van der Waals surface area contributed by atoms with Crippen molar-refractivity contribution in [1.82, 2.24) is 0 Å². The van der Waals surface area contributed by atoms with Crippen LogP contribution in [0.25, 0.3) is 10.8 Å². The van der Waals surface area contributed by atoms with Crippen molar-refractivity contribution in [2.75, 3.05) is 18.9 Å². The molecule has 0 aliphatic carbocycles. The monoisotopic (exact) mass is 357 g/mol. The van der Waals surface area contributed by atoms with Gasteiger partial charge in [-0.25, -0.2) is 4.39 Å². The fraction of sp³-hybridized carbons (Fsp3) is 0.150. The van der Waals surface area contributed by atoms with Crippen molar-refractivity contribution in [1.29, 1.82) is 0 Å².